The molecule has 0 aliphatic carbocycles. The molecule has 152 valence electrons. The number of benzene rings is 1. The standard InChI is InChI=1S/C21H20BBrN4O3/c1-20(2)21(3,4)30-22(29-20)14-7-5-13(6-8-14)18-25-19(28-26-18)16-11-24-17-10-9-15(23)12-27(16)17/h5-12H,1-4H3. The van der Waals surface area contributed by atoms with Crippen LogP contribution in [0.15, 0.2) is 57.8 Å². The van der Waals surface area contributed by atoms with Crippen LogP contribution in [0.2, 0.25) is 0 Å². The van der Waals surface area contributed by atoms with Gasteiger partial charge in [0.15, 0.2) is 0 Å². The fraction of sp³-hybridized carbons (Fsp3) is 0.286. The monoisotopic (exact) mass is 466 g/mol. The molecule has 7 nitrogen and oxygen atoms in total. The molecular weight excluding hydrogens is 447 g/mol. The summed E-state index contributed by atoms with van der Waals surface area (Å²) < 4.78 is 20.6. The Balaban J connectivity index is 1.41. The molecule has 3 aromatic heterocycles. The summed E-state index contributed by atoms with van der Waals surface area (Å²) in [6, 6.07) is 11.7. The Kier molecular flexibility index (Phi) is 4.39. The van der Waals surface area contributed by atoms with Crippen molar-refractivity contribution < 1.29 is 13.8 Å². The lowest BCUT2D eigenvalue weighted by Crippen LogP contribution is -2.41. The van der Waals surface area contributed by atoms with Gasteiger partial charge in [-0.05, 0) is 61.2 Å². The molecule has 1 aromatic carbocycles. The molecule has 1 fully saturated rings. The predicted molar refractivity (Wildman–Crippen MR) is 117 cm³/mol. The van der Waals surface area contributed by atoms with E-state index in [1.807, 2.05) is 74.7 Å². The number of hydrogen-bond acceptors (Lipinski definition) is 6. The van der Waals surface area contributed by atoms with Gasteiger partial charge in [0.25, 0.3) is 5.89 Å². The van der Waals surface area contributed by atoms with Crippen LogP contribution >= 0.6 is 15.9 Å². The summed E-state index contributed by atoms with van der Waals surface area (Å²) in [5.74, 6) is 0.918. The number of aromatic nitrogens is 4. The number of fused-ring (bicyclic) bond motifs is 1. The van der Waals surface area contributed by atoms with E-state index < -0.39 is 7.12 Å². The highest BCUT2D eigenvalue weighted by atomic mass is 79.9. The van der Waals surface area contributed by atoms with Crippen molar-refractivity contribution in [2.75, 3.05) is 0 Å². The van der Waals surface area contributed by atoms with Crippen molar-refractivity contribution in [3.63, 3.8) is 0 Å². The summed E-state index contributed by atoms with van der Waals surface area (Å²) in [7, 11) is -0.401. The van der Waals surface area contributed by atoms with Crippen molar-refractivity contribution in [3.8, 4) is 23.0 Å². The van der Waals surface area contributed by atoms with Crippen LogP contribution in [0, 0.1) is 0 Å². The lowest BCUT2D eigenvalue weighted by atomic mass is 9.79. The summed E-state index contributed by atoms with van der Waals surface area (Å²) >= 11 is 3.48. The van der Waals surface area contributed by atoms with Crippen molar-refractivity contribution in [2.45, 2.75) is 38.9 Å². The van der Waals surface area contributed by atoms with Crippen LogP contribution in [0.3, 0.4) is 0 Å². The third kappa shape index (κ3) is 3.17. The van der Waals surface area contributed by atoms with Gasteiger partial charge >= 0.3 is 7.12 Å². The first-order valence-electron chi connectivity index (χ1n) is 9.66. The summed E-state index contributed by atoms with van der Waals surface area (Å²) in [6.07, 6.45) is 3.64. The average molecular weight is 467 g/mol. The Labute approximate surface area is 182 Å². The van der Waals surface area contributed by atoms with Gasteiger partial charge in [-0.25, -0.2) is 4.98 Å². The average Bonchev–Trinajstić information content (AvgIpc) is 3.38. The highest BCUT2D eigenvalue weighted by molar-refractivity contribution is 9.10. The molecule has 0 N–H and O–H groups in total. The molecule has 9 heteroatoms. The molecule has 1 aliphatic heterocycles. The maximum Gasteiger partial charge on any atom is 0.494 e. The van der Waals surface area contributed by atoms with Crippen LogP contribution < -0.4 is 5.46 Å². The van der Waals surface area contributed by atoms with Gasteiger partial charge in [-0.15, -0.1) is 0 Å². The molecule has 0 radical (unpaired) electrons. The lowest BCUT2D eigenvalue weighted by Gasteiger charge is -2.32. The predicted octanol–water partition coefficient (Wildman–Crippen LogP) is 4.11. The Hall–Kier alpha value is -2.49. The third-order valence-electron chi connectivity index (χ3n) is 5.81. The molecule has 4 aromatic rings. The van der Waals surface area contributed by atoms with Crippen LogP contribution in [0.1, 0.15) is 27.7 Å². The molecule has 1 aliphatic rings. The van der Waals surface area contributed by atoms with Gasteiger partial charge < -0.3 is 13.8 Å². The summed E-state index contributed by atoms with van der Waals surface area (Å²) in [6.45, 7) is 8.17. The van der Waals surface area contributed by atoms with Crippen LogP contribution in [-0.2, 0) is 9.31 Å². The van der Waals surface area contributed by atoms with Crippen molar-refractivity contribution in [1.29, 1.82) is 0 Å². The second kappa shape index (κ2) is 6.76. The maximum absolute atomic E-state index is 6.11. The van der Waals surface area contributed by atoms with E-state index in [9.17, 15) is 0 Å². The van der Waals surface area contributed by atoms with Gasteiger partial charge in [-0.2, -0.15) is 4.98 Å². The van der Waals surface area contributed by atoms with Crippen LogP contribution in [0.25, 0.3) is 28.6 Å². The van der Waals surface area contributed by atoms with Gasteiger partial charge in [-0.3, -0.25) is 4.40 Å². The van der Waals surface area contributed by atoms with Crippen molar-refractivity contribution in [3.05, 3.63) is 53.3 Å². The zero-order valence-electron chi connectivity index (χ0n) is 17.1. The normalized spacial score (nSPS) is 17.7. The van der Waals surface area contributed by atoms with E-state index in [4.69, 9.17) is 13.8 Å². The molecular formula is C21H20BBrN4O3. The summed E-state index contributed by atoms with van der Waals surface area (Å²) in [4.78, 5) is 8.94. The van der Waals surface area contributed by atoms with E-state index in [-0.39, 0.29) is 11.2 Å². The minimum atomic E-state index is -0.401. The molecule has 0 atom stereocenters. The Bertz CT molecular complexity index is 1220. The van der Waals surface area contributed by atoms with Crippen LogP contribution in [0.5, 0.6) is 0 Å². The highest BCUT2D eigenvalue weighted by Crippen LogP contribution is 2.36. The van der Waals surface area contributed by atoms with E-state index in [1.54, 1.807) is 6.20 Å². The number of imidazole rings is 1. The Morgan fingerprint density at radius 2 is 1.67 bits per heavy atom. The van der Waals surface area contributed by atoms with Gasteiger partial charge in [0, 0.05) is 16.2 Å². The Morgan fingerprint density at radius 1 is 0.967 bits per heavy atom. The minimum absolute atomic E-state index is 0.373. The van der Waals surface area contributed by atoms with E-state index in [2.05, 4.69) is 31.1 Å². The molecule has 0 spiro atoms. The second-order valence-corrected chi connectivity index (χ2v) is 9.27. The minimum Gasteiger partial charge on any atom is -0.399 e. The number of hydrogen-bond donors (Lipinski definition) is 0. The molecule has 0 amide bonds. The van der Waals surface area contributed by atoms with Crippen LogP contribution in [0.4, 0.5) is 0 Å². The molecule has 5 rings (SSSR count). The lowest BCUT2D eigenvalue weighted by molar-refractivity contribution is 0.00578. The van der Waals surface area contributed by atoms with Crippen LogP contribution in [-0.4, -0.2) is 37.8 Å². The topological polar surface area (TPSA) is 74.7 Å². The first kappa shape index (κ1) is 19.5. The van der Waals surface area contributed by atoms with Crippen molar-refractivity contribution in [1.82, 2.24) is 19.5 Å². The number of pyridine rings is 1. The smallest absolute Gasteiger partial charge is 0.399 e. The fourth-order valence-electron chi connectivity index (χ4n) is 3.33. The zero-order valence-corrected chi connectivity index (χ0v) is 18.7. The van der Waals surface area contributed by atoms with Gasteiger partial charge in [0.2, 0.25) is 5.82 Å². The summed E-state index contributed by atoms with van der Waals surface area (Å²) in [5.41, 5.74) is 2.59. The Morgan fingerprint density at radius 3 is 2.37 bits per heavy atom. The molecule has 4 heterocycles. The highest BCUT2D eigenvalue weighted by Gasteiger charge is 2.51. The van der Waals surface area contributed by atoms with E-state index in [1.165, 1.54) is 0 Å². The van der Waals surface area contributed by atoms with E-state index in [0.29, 0.717) is 11.7 Å². The number of halogens is 1. The van der Waals surface area contributed by atoms with E-state index >= 15 is 0 Å². The van der Waals surface area contributed by atoms with Crippen molar-refractivity contribution >= 4 is 34.2 Å². The zero-order chi connectivity index (χ0) is 21.1. The molecule has 0 unspecified atom stereocenters. The quantitative estimate of drug-likeness (QED) is 0.423. The third-order valence-corrected chi connectivity index (χ3v) is 6.28. The SMILES string of the molecule is CC1(C)OB(c2ccc(-c3noc(-c4cnc5ccc(Br)cn45)n3)cc2)OC1(C)C. The fourth-order valence-corrected chi connectivity index (χ4v) is 3.66. The van der Waals surface area contributed by atoms with Gasteiger partial charge in [0.05, 0.1) is 17.4 Å². The summed E-state index contributed by atoms with van der Waals surface area (Å²) in [5, 5.41) is 4.14. The molecule has 30 heavy (non-hydrogen) atoms. The molecule has 0 saturated carbocycles. The largest absolute Gasteiger partial charge is 0.494 e. The first-order valence-corrected chi connectivity index (χ1v) is 10.5. The van der Waals surface area contributed by atoms with Gasteiger partial charge in [0.1, 0.15) is 11.3 Å². The molecule has 0 bridgehead atoms. The second-order valence-electron chi connectivity index (χ2n) is 8.35. The van der Waals surface area contributed by atoms with Crippen molar-refractivity contribution in [2.24, 2.45) is 0 Å². The van der Waals surface area contributed by atoms with E-state index in [0.717, 1.165) is 26.8 Å². The molecule has 1 saturated heterocycles. The maximum atomic E-state index is 6.11. The number of nitrogens with zero attached hydrogens (tertiary/aromatic N) is 4. The van der Waals surface area contributed by atoms with Gasteiger partial charge in [-0.1, -0.05) is 29.4 Å². The number of rotatable bonds is 3. The first-order chi connectivity index (χ1) is 14.2.